The third-order valence-electron chi connectivity index (χ3n) is 3.16. The molecule has 2 N–H and O–H groups in total. The van der Waals surface area contributed by atoms with Crippen molar-refractivity contribution in [1.82, 2.24) is 10.2 Å². The molecule has 0 spiro atoms. The minimum atomic E-state index is -0.909. The summed E-state index contributed by atoms with van der Waals surface area (Å²) in [5.74, 6) is 0.551. The van der Waals surface area contributed by atoms with E-state index in [4.69, 9.17) is 5.11 Å². The molecule has 80 valence electrons. The molecule has 5 heteroatoms. The van der Waals surface area contributed by atoms with E-state index in [1.54, 1.807) is 0 Å². The minimum absolute atomic E-state index is 0.551. The largest absolute Gasteiger partial charge is 0.465 e. The van der Waals surface area contributed by atoms with Crippen molar-refractivity contribution in [3.05, 3.63) is 0 Å². The maximum absolute atomic E-state index is 10.2. The Kier molecular flexibility index (Phi) is 2.88. The van der Waals surface area contributed by atoms with Gasteiger partial charge in [-0.2, -0.15) is 12.6 Å². The van der Waals surface area contributed by atoms with Crippen LogP contribution in [0, 0.1) is 5.92 Å². The van der Waals surface area contributed by atoms with Crippen molar-refractivity contribution in [1.29, 1.82) is 0 Å². The normalized spacial score (nSPS) is 33.2. The summed E-state index contributed by atoms with van der Waals surface area (Å²) >= 11 is 4.36. The van der Waals surface area contributed by atoms with Crippen LogP contribution in [0.2, 0.25) is 0 Å². The summed E-state index contributed by atoms with van der Waals surface area (Å²) in [6.07, 6.45) is 1.37. The van der Waals surface area contributed by atoms with Crippen LogP contribution in [0.4, 0.5) is 4.79 Å². The Morgan fingerprint density at radius 2 is 2.14 bits per heavy atom. The summed E-state index contributed by atoms with van der Waals surface area (Å²) < 4.78 is 0. The van der Waals surface area contributed by atoms with Crippen LogP contribution in [-0.4, -0.2) is 47.0 Å². The molecular formula is C9H16N2O2S. The quantitative estimate of drug-likeness (QED) is 0.607. The van der Waals surface area contributed by atoms with Crippen molar-refractivity contribution < 1.29 is 9.90 Å². The summed E-state index contributed by atoms with van der Waals surface area (Å²) in [4.78, 5) is 12.7. The van der Waals surface area contributed by atoms with E-state index in [-0.39, 0.29) is 0 Å². The molecule has 0 aromatic carbocycles. The number of carbonyl (C=O) groups is 1. The van der Waals surface area contributed by atoms with Gasteiger partial charge in [0, 0.05) is 30.9 Å². The first kappa shape index (κ1) is 10.1. The first-order chi connectivity index (χ1) is 6.65. The fraction of sp³-hybridized carbons (Fsp3) is 0.889. The van der Waals surface area contributed by atoms with Crippen molar-refractivity contribution >= 4 is 18.7 Å². The molecule has 1 amide bonds. The number of amides is 1. The lowest BCUT2D eigenvalue weighted by atomic mass is 9.78. The van der Waals surface area contributed by atoms with E-state index in [2.05, 4.69) is 22.8 Å². The Balaban J connectivity index is 1.58. The maximum Gasteiger partial charge on any atom is 0.404 e. The highest BCUT2D eigenvalue weighted by Gasteiger charge is 2.38. The first-order valence-electron chi connectivity index (χ1n) is 5.04. The molecule has 2 rings (SSSR count). The number of rotatable bonds is 3. The van der Waals surface area contributed by atoms with Gasteiger partial charge in [0.25, 0.3) is 0 Å². The van der Waals surface area contributed by atoms with Gasteiger partial charge in [-0.05, 0) is 18.8 Å². The van der Waals surface area contributed by atoms with E-state index < -0.39 is 6.09 Å². The molecule has 1 aliphatic carbocycles. The molecule has 0 atom stereocenters. The zero-order valence-corrected chi connectivity index (χ0v) is 8.91. The van der Waals surface area contributed by atoms with Gasteiger partial charge in [-0.1, -0.05) is 0 Å². The topological polar surface area (TPSA) is 52.6 Å². The summed E-state index contributed by atoms with van der Waals surface area (Å²) in [6.45, 7) is 2.82. The zero-order valence-electron chi connectivity index (χ0n) is 8.02. The van der Waals surface area contributed by atoms with Crippen molar-refractivity contribution in [2.75, 3.05) is 19.6 Å². The zero-order chi connectivity index (χ0) is 10.1. The number of nitrogens with zero attached hydrogens (tertiary/aromatic N) is 1. The van der Waals surface area contributed by atoms with Crippen LogP contribution in [0.1, 0.15) is 12.8 Å². The van der Waals surface area contributed by atoms with Crippen LogP contribution in [-0.2, 0) is 0 Å². The molecule has 0 unspecified atom stereocenters. The molecule has 2 fully saturated rings. The average Bonchev–Trinajstić information content (AvgIpc) is 1.97. The van der Waals surface area contributed by atoms with Crippen molar-refractivity contribution in [3.8, 4) is 0 Å². The van der Waals surface area contributed by atoms with E-state index in [1.165, 1.54) is 0 Å². The third kappa shape index (κ3) is 2.15. The lowest BCUT2D eigenvalue weighted by Crippen LogP contribution is -2.58. The van der Waals surface area contributed by atoms with Crippen LogP contribution >= 0.6 is 12.6 Å². The lowest BCUT2D eigenvalue weighted by Gasteiger charge is -2.49. The number of carboxylic acid groups (broad SMARTS) is 1. The van der Waals surface area contributed by atoms with Crippen LogP contribution in [0.15, 0.2) is 0 Å². The van der Waals surface area contributed by atoms with Gasteiger partial charge >= 0.3 is 6.09 Å². The second-order valence-corrected chi connectivity index (χ2v) is 5.02. The molecule has 0 radical (unpaired) electrons. The third-order valence-corrected chi connectivity index (χ3v) is 3.49. The van der Waals surface area contributed by atoms with Crippen LogP contribution in [0.5, 0.6) is 0 Å². The molecule has 0 aromatic heterocycles. The fourth-order valence-corrected chi connectivity index (χ4v) is 2.60. The van der Waals surface area contributed by atoms with E-state index in [1.807, 2.05) is 0 Å². The Morgan fingerprint density at radius 1 is 1.50 bits per heavy atom. The second-order valence-electron chi connectivity index (χ2n) is 4.29. The summed E-state index contributed by atoms with van der Waals surface area (Å²) in [6, 6.07) is 0.694. The number of hydrogen-bond acceptors (Lipinski definition) is 3. The fourth-order valence-electron chi connectivity index (χ4n) is 2.18. The molecule has 1 saturated carbocycles. The van der Waals surface area contributed by atoms with Gasteiger partial charge in [0.1, 0.15) is 0 Å². The molecular weight excluding hydrogens is 200 g/mol. The number of thiol groups is 1. The Bertz CT molecular complexity index is 225. The number of likely N-dealkylation sites (tertiary alicyclic amines) is 1. The summed E-state index contributed by atoms with van der Waals surface area (Å²) in [7, 11) is 0. The molecule has 0 aromatic rings. The second kappa shape index (κ2) is 3.98. The molecule has 14 heavy (non-hydrogen) atoms. The summed E-state index contributed by atoms with van der Waals surface area (Å²) in [5, 5.41) is 11.4. The highest BCUT2D eigenvalue weighted by Crippen LogP contribution is 2.34. The lowest BCUT2D eigenvalue weighted by molar-refractivity contribution is 0.0369. The van der Waals surface area contributed by atoms with E-state index in [0.717, 1.165) is 25.9 Å². The Labute approximate surface area is 89.1 Å². The van der Waals surface area contributed by atoms with Crippen LogP contribution in [0.25, 0.3) is 0 Å². The molecule has 1 heterocycles. The van der Waals surface area contributed by atoms with Gasteiger partial charge in [0.15, 0.2) is 0 Å². The van der Waals surface area contributed by atoms with E-state index >= 15 is 0 Å². The van der Waals surface area contributed by atoms with Gasteiger partial charge < -0.3 is 10.4 Å². The molecule has 0 bridgehead atoms. The molecule has 4 nitrogen and oxygen atoms in total. The van der Waals surface area contributed by atoms with Crippen LogP contribution in [0.3, 0.4) is 0 Å². The predicted octanol–water partition coefficient (Wildman–Crippen LogP) is 0.647. The van der Waals surface area contributed by atoms with E-state index in [9.17, 15) is 4.79 Å². The highest BCUT2D eigenvalue weighted by molar-refractivity contribution is 7.81. The Hall–Kier alpha value is -0.420. The standard InChI is InChI=1S/C9H16N2O2S/c12-9(13)10-3-6-1-7(2-6)11-4-8(14)5-11/h6-8,10,14H,1-5H2,(H,12,13)/t6-,7+. The average molecular weight is 216 g/mol. The van der Waals surface area contributed by atoms with Gasteiger partial charge in [0.2, 0.25) is 0 Å². The first-order valence-corrected chi connectivity index (χ1v) is 5.55. The van der Waals surface area contributed by atoms with Crippen LogP contribution < -0.4 is 5.32 Å². The van der Waals surface area contributed by atoms with Gasteiger partial charge in [-0.15, -0.1) is 0 Å². The van der Waals surface area contributed by atoms with Gasteiger partial charge in [-0.3, -0.25) is 4.90 Å². The smallest absolute Gasteiger partial charge is 0.404 e. The van der Waals surface area contributed by atoms with Gasteiger partial charge in [-0.25, -0.2) is 4.79 Å². The van der Waals surface area contributed by atoms with Gasteiger partial charge in [0.05, 0.1) is 0 Å². The summed E-state index contributed by atoms with van der Waals surface area (Å²) in [5.41, 5.74) is 0. The molecule has 1 aliphatic heterocycles. The molecule has 2 aliphatic rings. The maximum atomic E-state index is 10.2. The SMILES string of the molecule is O=C(O)NC[C@H]1C[C@@H](N2CC(S)C2)C1. The van der Waals surface area contributed by atoms with Crippen molar-refractivity contribution in [3.63, 3.8) is 0 Å². The minimum Gasteiger partial charge on any atom is -0.465 e. The number of nitrogens with one attached hydrogen (secondary N) is 1. The predicted molar refractivity (Wildman–Crippen MR) is 56.9 cm³/mol. The highest BCUT2D eigenvalue weighted by atomic mass is 32.1. The van der Waals surface area contributed by atoms with E-state index in [0.29, 0.717) is 23.8 Å². The van der Waals surface area contributed by atoms with Crippen molar-refractivity contribution in [2.45, 2.75) is 24.1 Å². The Morgan fingerprint density at radius 3 is 2.64 bits per heavy atom. The monoisotopic (exact) mass is 216 g/mol. The van der Waals surface area contributed by atoms with Crippen molar-refractivity contribution in [2.24, 2.45) is 5.92 Å². The molecule has 1 saturated heterocycles. The number of hydrogen-bond donors (Lipinski definition) is 3.